The minimum Gasteiger partial charge on any atom is -0.456 e. The van der Waals surface area contributed by atoms with E-state index in [9.17, 15) is 0 Å². The summed E-state index contributed by atoms with van der Waals surface area (Å²) < 4.78 is 6.16. The van der Waals surface area contributed by atoms with Gasteiger partial charge < -0.3 is 4.42 Å². The van der Waals surface area contributed by atoms with E-state index in [2.05, 4.69) is 166 Å². The van der Waals surface area contributed by atoms with Crippen molar-refractivity contribution in [2.45, 2.75) is 19.3 Å². The topological polar surface area (TPSA) is 38.9 Å². The minimum atomic E-state index is -0.0762. The second-order valence-corrected chi connectivity index (χ2v) is 15.0. The Morgan fingerprint density at radius 2 is 1.00 bits per heavy atom. The Labute approximate surface area is 313 Å². The molecular formula is C51H34N2O. The third-order valence-corrected chi connectivity index (χ3v) is 11.5. The molecule has 0 saturated carbocycles. The Bertz CT molecular complexity index is 3130. The summed E-state index contributed by atoms with van der Waals surface area (Å²) in [6.45, 7) is 4.70. The monoisotopic (exact) mass is 690 g/mol. The third-order valence-electron chi connectivity index (χ3n) is 11.5. The fourth-order valence-corrected chi connectivity index (χ4v) is 8.71. The van der Waals surface area contributed by atoms with Crippen molar-refractivity contribution in [1.29, 1.82) is 0 Å². The van der Waals surface area contributed by atoms with Crippen LogP contribution in [0.1, 0.15) is 25.0 Å². The quantitative estimate of drug-likeness (QED) is 0.184. The maximum atomic E-state index is 6.16. The molecule has 254 valence electrons. The van der Waals surface area contributed by atoms with Crippen molar-refractivity contribution in [3.8, 4) is 56.2 Å². The molecule has 8 aromatic carbocycles. The van der Waals surface area contributed by atoms with E-state index >= 15 is 0 Å². The maximum Gasteiger partial charge on any atom is 0.161 e. The SMILES string of the molecule is CC1(C)c2ccc(-c3ccc(-c4nc(-c5ccccc5)cc(-c5ccc6oc7ccccc7c6c5)n4)c4ccccc34)cc2-c2cc3ccccc3cc21. The lowest BCUT2D eigenvalue weighted by Crippen LogP contribution is -2.14. The molecule has 0 atom stereocenters. The van der Waals surface area contributed by atoms with Crippen LogP contribution < -0.4 is 0 Å². The van der Waals surface area contributed by atoms with Gasteiger partial charge in [0.25, 0.3) is 0 Å². The van der Waals surface area contributed by atoms with Gasteiger partial charge in [-0.3, -0.25) is 0 Å². The molecule has 0 fully saturated rings. The van der Waals surface area contributed by atoms with E-state index in [1.165, 1.54) is 49.5 Å². The number of aromatic nitrogens is 2. The van der Waals surface area contributed by atoms with Gasteiger partial charge in [-0.25, -0.2) is 9.97 Å². The van der Waals surface area contributed by atoms with E-state index < -0.39 is 0 Å². The highest BCUT2D eigenvalue weighted by molar-refractivity contribution is 6.07. The van der Waals surface area contributed by atoms with Crippen molar-refractivity contribution in [3.63, 3.8) is 0 Å². The van der Waals surface area contributed by atoms with Crippen molar-refractivity contribution in [2.75, 3.05) is 0 Å². The van der Waals surface area contributed by atoms with Gasteiger partial charge in [0, 0.05) is 32.9 Å². The summed E-state index contributed by atoms with van der Waals surface area (Å²) >= 11 is 0. The number of fused-ring (bicyclic) bond motifs is 8. The van der Waals surface area contributed by atoms with Gasteiger partial charge in [0.1, 0.15) is 11.2 Å². The first-order valence-electron chi connectivity index (χ1n) is 18.6. The summed E-state index contributed by atoms with van der Waals surface area (Å²) in [5.41, 5.74) is 14.3. The highest BCUT2D eigenvalue weighted by Crippen LogP contribution is 2.51. The number of hydrogen-bond donors (Lipinski definition) is 0. The average Bonchev–Trinajstić information content (AvgIpc) is 3.70. The van der Waals surface area contributed by atoms with Crippen LogP contribution in [0.2, 0.25) is 0 Å². The molecule has 10 aromatic rings. The van der Waals surface area contributed by atoms with Gasteiger partial charge in [-0.1, -0.05) is 129 Å². The van der Waals surface area contributed by atoms with Crippen LogP contribution in [0.25, 0.3) is 99.6 Å². The molecule has 0 spiro atoms. The largest absolute Gasteiger partial charge is 0.456 e. The molecule has 0 saturated heterocycles. The molecule has 0 amide bonds. The standard InChI is InChI=1S/C51H34N2O/c1-51(2)44-24-20-34(27-41(44)42-26-32-14-6-7-15-33(32)29-45(42)51)36-22-23-40(38-17-9-8-16-37(36)38)50-52-46(31-12-4-3-5-13-31)30-47(53-50)35-21-25-49-43(28-35)39-18-10-11-19-48(39)54-49/h3-30H,1-2H3. The van der Waals surface area contributed by atoms with Crippen LogP contribution in [0.3, 0.4) is 0 Å². The molecule has 0 aliphatic heterocycles. The lowest BCUT2D eigenvalue weighted by molar-refractivity contribution is 0.661. The van der Waals surface area contributed by atoms with Gasteiger partial charge in [-0.15, -0.1) is 0 Å². The Morgan fingerprint density at radius 1 is 0.389 bits per heavy atom. The van der Waals surface area contributed by atoms with Crippen LogP contribution in [0, 0.1) is 0 Å². The van der Waals surface area contributed by atoms with Gasteiger partial charge in [0.15, 0.2) is 5.82 Å². The number of nitrogens with zero attached hydrogens (tertiary/aromatic N) is 2. The van der Waals surface area contributed by atoms with E-state index in [0.717, 1.165) is 55.4 Å². The molecule has 3 heteroatoms. The summed E-state index contributed by atoms with van der Waals surface area (Å²) in [6.07, 6.45) is 0. The molecule has 0 unspecified atom stereocenters. The van der Waals surface area contributed by atoms with Crippen LogP contribution in [-0.4, -0.2) is 9.97 Å². The third kappa shape index (κ3) is 4.68. The minimum absolute atomic E-state index is 0.0762. The normalized spacial score (nSPS) is 13.1. The Kier molecular flexibility index (Phi) is 6.60. The summed E-state index contributed by atoms with van der Waals surface area (Å²) in [4.78, 5) is 10.5. The molecule has 0 bridgehead atoms. The van der Waals surface area contributed by atoms with E-state index in [4.69, 9.17) is 14.4 Å². The molecule has 3 nitrogen and oxygen atoms in total. The first kappa shape index (κ1) is 30.8. The lowest BCUT2D eigenvalue weighted by Gasteiger charge is -2.22. The van der Waals surface area contributed by atoms with E-state index in [0.29, 0.717) is 5.82 Å². The fourth-order valence-electron chi connectivity index (χ4n) is 8.71. The van der Waals surface area contributed by atoms with Crippen LogP contribution in [0.15, 0.2) is 174 Å². The Morgan fingerprint density at radius 3 is 1.81 bits per heavy atom. The summed E-state index contributed by atoms with van der Waals surface area (Å²) in [6, 6.07) is 60.7. The molecule has 0 N–H and O–H groups in total. The molecule has 54 heavy (non-hydrogen) atoms. The summed E-state index contributed by atoms with van der Waals surface area (Å²) in [5.74, 6) is 0.697. The van der Waals surface area contributed by atoms with Crippen LogP contribution >= 0.6 is 0 Å². The number of hydrogen-bond acceptors (Lipinski definition) is 3. The van der Waals surface area contributed by atoms with Crippen molar-refractivity contribution >= 4 is 43.5 Å². The van der Waals surface area contributed by atoms with Gasteiger partial charge >= 0.3 is 0 Å². The summed E-state index contributed by atoms with van der Waals surface area (Å²) in [7, 11) is 0. The number of benzene rings is 8. The van der Waals surface area contributed by atoms with Crippen molar-refractivity contribution in [1.82, 2.24) is 9.97 Å². The van der Waals surface area contributed by atoms with Crippen LogP contribution in [0.4, 0.5) is 0 Å². The van der Waals surface area contributed by atoms with Gasteiger partial charge in [-0.05, 0) is 110 Å². The average molecular weight is 691 g/mol. The lowest BCUT2D eigenvalue weighted by atomic mass is 9.81. The van der Waals surface area contributed by atoms with Gasteiger partial charge in [0.2, 0.25) is 0 Å². The number of furan rings is 1. The fraction of sp³-hybridized carbons (Fsp3) is 0.0588. The predicted molar refractivity (Wildman–Crippen MR) is 224 cm³/mol. The van der Waals surface area contributed by atoms with E-state index in [1.807, 2.05) is 18.2 Å². The molecule has 2 aromatic heterocycles. The Hall–Kier alpha value is -6.84. The first-order chi connectivity index (χ1) is 26.5. The summed E-state index contributed by atoms with van der Waals surface area (Å²) in [5, 5.41) is 7.03. The second kappa shape index (κ2) is 11.6. The van der Waals surface area contributed by atoms with E-state index in [-0.39, 0.29) is 5.41 Å². The zero-order valence-corrected chi connectivity index (χ0v) is 30.0. The predicted octanol–water partition coefficient (Wildman–Crippen LogP) is 13.7. The zero-order chi connectivity index (χ0) is 36.0. The molecule has 0 radical (unpaired) electrons. The molecular weight excluding hydrogens is 657 g/mol. The molecule has 1 aliphatic carbocycles. The smallest absolute Gasteiger partial charge is 0.161 e. The van der Waals surface area contributed by atoms with Crippen molar-refractivity contribution in [3.05, 3.63) is 181 Å². The number of para-hydroxylation sites is 1. The first-order valence-corrected chi connectivity index (χ1v) is 18.6. The van der Waals surface area contributed by atoms with Crippen molar-refractivity contribution < 1.29 is 4.42 Å². The van der Waals surface area contributed by atoms with Gasteiger partial charge in [0.05, 0.1) is 11.4 Å². The highest BCUT2D eigenvalue weighted by Gasteiger charge is 2.36. The Balaban J connectivity index is 1.08. The highest BCUT2D eigenvalue weighted by atomic mass is 16.3. The van der Waals surface area contributed by atoms with Crippen molar-refractivity contribution in [2.24, 2.45) is 0 Å². The van der Waals surface area contributed by atoms with E-state index in [1.54, 1.807) is 0 Å². The molecule has 1 aliphatic rings. The van der Waals surface area contributed by atoms with Crippen LogP contribution in [0.5, 0.6) is 0 Å². The zero-order valence-electron chi connectivity index (χ0n) is 30.0. The molecule has 11 rings (SSSR count). The molecule has 2 heterocycles. The number of rotatable bonds is 4. The van der Waals surface area contributed by atoms with Crippen LogP contribution in [-0.2, 0) is 5.41 Å². The maximum absolute atomic E-state index is 6.16. The second-order valence-electron chi connectivity index (χ2n) is 15.0. The van der Waals surface area contributed by atoms with Gasteiger partial charge in [-0.2, -0.15) is 0 Å².